The van der Waals surface area contributed by atoms with Gasteiger partial charge in [0.25, 0.3) is 0 Å². The minimum atomic E-state index is 0.103. The van der Waals surface area contributed by atoms with Gasteiger partial charge in [0, 0.05) is 5.56 Å². The van der Waals surface area contributed by atoms with E-state index in [0.717, 1.165) is 16.6 Å². The molecular weight excluding hydrogens is 326 g/mol. The van der Waals surface area contributed by atoms with Crippen LogP contribution in [0.25, 0.3) is 22.7 Å². The SMILES string of the molecule is C=CCc1cc(/C=C(\C#N)c2nc3ccccc3[nH]2)cc(OCC)c1O. The van der Waals surface area contributed by atoms with E-state index in [1.807, 2.05) is 37.3 Å². The number of hydrogen-bond acceptors (Lipinski definition) is 4. The number of para-hydroxylation sites is 2. The zero-order valence-electron chi connectivity index (χ0n) is 14.5. The van der Waals surface area contributed by atoms with Crippen molar-refractivity contribution >= 4 is 22.7 Å². The topological polar surface area (TPSA) is 81.9 Å². The Bertz CT molecular complexity index is 992. The van der Waals surface area contributed by atoms with Crippen LogP contribution in [0.5, 0.6) is 11.5 Å². The molecule has 0 spiro atoms. The van der Waals surface area contributed by atoms with Crippen LogP contribution in [0.4, 0.5) is 0 Å². The molecule has 3 rings (SSSR count). The number of rotatable bonds is 6. The highest BCUT2D eigenvalue weighted by molar-refractivity contribution is 5.90. The number of fused-ring (bicyclic) bond motifs is 1. The molecule has 1 heterocycles. The molecule has 0 unspecified atom stereocenters. The highest BCUT2D eigenvalue weighted by Crippen LogP contribution is 2.33. The maximum Gasteiger partial charge on any atom is 0.161 e. The average Bonchev–Trinajstić information content (AvgIpc) is 3.07. The predicted octanol–water partition coefficient (Wildman–Crippen LogP) is 4.46. The van der Waals surface area contributed by atoms with Crippen LogP contribution in [0.3, 0.4) is 0 Å². The van der Waals surface area contributed by atoms with Crippen molar-refractivity contribution in [2.24, 2.45) is 0 Å². The van der Waals surface area contributed by atoms with Gasteiger partial charge in [-0.25, -0.2) is 4.98 Å². The van der Waals surface area contributed by atoms with Crippen molar-refractivity contribution < 1.29 is 9.84 Å². The van der Waals surface area contributed by atoms with E-state index in [-0.39, 0.29) is 5.75 Å². The Labute approximate surface area is 151 Å². The fourth-order valence-corrected chi connectivity index (χ4v) is 2.75. The Kier molecular flexibility index (Phi) is 5.04. The molecule has 26 heavy (non-hydrogen) atoms. The van der Waals surface area contributed by atoms with Crippen molar-refractivity contribution in [2.75, 3.05) is 6.61 Å². The molecule has 3 aromatic rings. The van der Waals surface area contributed by atoms with Crippen molar-refractivity contribution in [1.82, 2.24) is 9.97 Å². The zero-order chi connectivity index (χ0) is 18.5. The number of nitrogens with zero attached hydrogens (tertiary/aromatic N) is 2. The molecule has 0 aliphatic carbocycles. The summed E-state index contributed by atoms with van der Waals surface area (Å²) < 4.78 is 5.51. The summed E-state index contributed by atoms with van der Waals surface area (Å²) in [6, 6.07) is 13.3. The minimum Gasteiger partial charge on any atom is -0.504 e. The number of benzene rings is 2. The molecule has 0 aliphatic rings. The van der Waals surface area contributed by atoms with Crippen LogP contribution < -0.4 is 4.74 Å². The second-order valence-corrected chi connectivity index (χ2v) is 5.72. The molecule has 0 atom stereocenters. The highest BCUT2D eigenvalue weighted by Gasteiger charge is 2.12. The van der Waals surface area contributed by atoms with Gasteiger partial charge in [0.05, 0.1) is 23.2 Å². The van der Waals surface area contributed by atoms with Gasteiger partial charge in [0.1, 0.15) is 11.9 Å². The number of nitrogens with one attached hydrogen (secondary N) is 1. The Balaban J connectivity index is 2.08. The van der Waals surface area contributed by atoms with Crippen LogP contribution in [-0.4, -0.2) is 21.7 Å². The third kappa shape index (κ3) is 3.45. The van der Waals surface area contributed by atoms with E-state index >= 15 is 0 Å². The van der Waals surface area contributed by atoms with Crippen molar-refractivity contribution in [3.8, 4) is 17.6 Å². The van der Waals surface area contributed by atoms with Crippen molar-refractivity contribution in [3.63, 3.8) is 0 Å². The van der Waals surface area contributed by atoms with Gasteiger partial charge in [-0.3, -0.25) is 0 Å². The standard InChI is InChI=1S/C21H19N3O2/c1-3-7-15-10-14(12-19(20(15)25)26-4-2)11-16(13-22)21-23-17-8-5-6-9-18(17)24-21/h3,5-6,8-12,25H,1,4,7H2,2H3,(H,23,24)/b16-11+. The smallest absolute Gasteiger partial charge is 0.161 e. The van der Waals surface area contributed by atoms with E-state index < -0.39 is 0 Å². The monoisotopic (exact) mass is 345 g/mol. The lowest BCUT2D eigenvalue weighted by atomic mass is 10.0. The number of aromatic hydroxyl groups is 1. The highest BCUT2D eigenvalue weighted by atomic mass is 16.5. The first kappa shape index (κ1) is 17.3. The molecule has 0 amide bonds. The van der Waals surface area contributed by atoms with Gasteiger partial charge in [-0.15, -0.1) is 6.58 Å². The van der Waals surface area contributed by atoms with Gasteiger partial charge in [0.2, 0.25) is 0 Å². The maximum atomic E-state index is 10.3. The Morgan fingerprint density at radius 1 is 1.38 bits per heavy atom. The van der Waals surface area contributed by atoms with Crippen LogP contribution in [0.15, 0.2) is 49.1 Å². The largest absolute Gasteiger partial charge is 0.504 e. The first-order chi connectivity index (χ1) is 12.7. The van der Waals surface area contributed by atoms with Gasteiger partial charge < -0.3 is 14.8 Å². The molecule has 0 fully saturated rings. The number of phenolic OH excluding ortho intramolecular Hbond substituents is 1. The average molecular weight is 345 g/mol. The van der Waals surface area contributed by atoms with Crippen LogP contribution in [-0.2, 0) is 6.42 Å². The van der Waals surface area contributed by atoms with E-state index in [1.165, 1.54) is 0 Å². The summed E-state index contributed by atoms with van der Waals surface area (Å²) >= 11 is 0. The molecule has 0 aliphatic heterocycles. The van der Waals surface area contributed by atoms with E-state index in [4.69, 9.17) is 4.74 Å². The summed E-state index contributed by atoms with van der Waals surface area (Å²) in [5, 5.41) is 19.9. The molecular formula is C21H19N3O2. The molecule has 2 N–H and O–H groups in total. The van der Waals surface area contributed by atoms with Crippen LogP contribution in [0, 0.1) is 11.3 Å². The summed E-state index contributed by atoms with van der Waals surface area (Å²) in [6.45, 7) is 6.00. The van der Waals surface area contributed by atoms with Crippen molar-refractivity contribution in [3.05, 3.63) is 66.0 Å². The molecule has 0 saturated heterocycles. The minimum absolute atomic E-state index is 0.103. The first-order valence-corrected chi connectivity index (χ1v) is 8.32. The predicted molar refractivity (Wildman–Crippen MR) is 103 cm³/mol. The third-order valence-electron chi connectivity index (χ3n) is 3.92. The van der Waals surface area contributed by atoms with E-state index in [1.54, 1.807) is 18.2 Å². The summed E-state index contributed by atoms with van der Waals surface area (Å²) in [6.07, 6.45) is 3.94. The number of imidazole rings is 1. The number of phenols is 1. The molecule has 5 nitrogen and oxygen atoms in total. The molecule has 1 aromatic heterocycles. The number of allylic oxidation sites excluding steroid dienone is 2. The van der Waals surface area contributed by atoms with E-state index in [0.29, 0.717) is 35.7 Å². The Hall–Kier alpha value is -3.52. The lowest BCUT2D eigenvalue weighted by Gasteiger charge is -2.11. The lowest BCUT2D eigenvalue weighted by molar-refractivity contribution is 0.317. The molecule has 0 saturated carbocycles. The Morgan fingerprint density at radius 2 is 2.19 bits per heavy atom. The van der Waals surface area contributed by atoms with E-state index in [9.17, 15) is 10.4 Å². The molecule has 2 aromatic carbocycles. The number of H-pyrrole nitrogens is 1. The van der Waals surface area contributed by atoms with Crippen molar-refractivity contribution in [2.45, 2.75) is 13.3 Å². The van der Waals surface area contributed by atoms with E-state index in [2.05, 4.69) is 22.6 Å². The third-order valence-corrected chi connectivity index (χ3v) is 3.92. The summed E-state index contributed by atoms with van der Waals surface area (Å²) in [5.41, 5.74) is 3.52. The van der Waals surface area contributed by atoms with Gasteiger partial charge in [-0.1, -0.05) is 18.2 Å². The van der Waals surface area contributed by atoms with Gasteiger partial charge in [-0.05, 0) is 49.2 Å². The first-order valence-electron chi connectivity index (χ1n) is 8.32. The van der Waals surface area contributed by atoms with Crippen molar-refractivity contribution in [1.29, 1.82) is 5.26 Å². The number of aromatic nitrogens is 2. The molecule has 130 valence electrons. The molecule has 0 bridgehead atoms. The summed E-state index contributed by atoms with van der Waals surface area (Å²) in [7, 11) is 0. The van der Waals surface area contributed by atoms with Gasteiger partial charge >= 0.3 is 0 Å². The number of hydrogen-bond donors (Lipinski definition) is 2. The number of ether oxygens (including phenoxy) is 1. The second-order valence-electron chi connectivity index (χ2n) is 5.72. The number of nitriles is 1. The van der Waals surface area contributed by atoms with Crippen LogP contribution in [0.1, 0.15) is 23.9 Å². The fourth-order valence-electron chi connectivity index (χ4n) is 2.75. The second kappa shape index (κ2) is 7.58. The maximum absolute atomic E-state index is 10.3. The normalized spacial score (nSPS) is 11.3. The zero-order valence-corrected chi connectivity index (χ0v) is 14.5. The Morgan fingerprint density at radius 3 is 2.88 bits per heavy atom. The van der Waals surface area contributed by atoms with Crippen LogP contribution >= 0.6 is 0 Å². The molecule has 0 radical (unpaired) electrons. The fraction of sp³-hybridized carbons (Fsp3) is 0.143. The summed E-state index contributed by atoms with van der Waals surface area (Å²) in [5.74, 6) is 0.996. The van der Waals surface area contributed by atoms with Gasteiger partial charge in [0.15, 0.2) is 11.5 Å². The lowest BCUT2D eigenvalue weighted by Crippen LogP contribution is -1.95. The summed E-state index contributed by atoms with van der Waals surface area (Å²) in [4.78, 5) is 7.63. The number of aromatic amines is 1. The van der Waals surface area contributed by atoms with Crippen LogP contribution in [0.2, 0.25) is 0 Å². The molecule has 5 heteroatoms. The quantitative estimate of drug-likeness (QED) is 0.510. The van der Waals surface area contributed by atoms with Gasteiger partial charge in [-0.2, -0.15) is 5.26 Å².